The molecule has 0 saturated carbocycles. The average molecular weight is 463 g/mol. The van der Waals surface area contributed by atoms with Gasteiger partial charge in [0.2, 0.25) is 10.0 Å². The Hall–Kier alpha value is -3.05. The van der Waals surface area contributed by atoms with Gasteiger partial charge in [0.1, 0.15) is 11.4 Å². The van der Waals surface area contributed by atoms with E-state index in [1.807, 2.05) is 0 Å². The number of H-pyrrole nitrogens is 1. The molecule has 0 atom stereocenters. The second-order valence-corrected chi connectivity index (χ2v) is 8.55. The first-order valence-electron chi connectivity index (χ1n) is 9.05. The number of hydrogen-bond acceptors (Lipinski definition) is 6. The Morgan fingerprint density at radius 1 is 1.13 bits per heavy atom. The molecule has 0 aliphatic rings. The van der Waals surface area contributed by atoms with Gasteiger partial charge in [0.05, 0.1) is 11.5 Å². The number of nitrogens with one attached hydrogen (secondary N) is 3. The molecule has 1 heterocycles. The first kappa shape index (κ1) is 22.6. The number of benzene rings is 2. The largest absolute Gasteiger partial charge is 0.383 e. The van der Waals surface area contributed by atoms with Gasteiger partial charge in [-0.1, -0.05) is 11.6 Å². The SMILES string of the molecule is COCCNS(=O)(=O)c1ccc(NC(=O)c2cnc(-c3ccc(Cl)cc3)[nH]c2=O)cc1. The van der Waals surface area contributed by atoms with Gasteiger partial charge in [-0.15, -0.1) is 0 Å². The second kappa shape index (κ2) is 9.84. The van der Waals surface area contributed by atoms with E-state index in [-0.39, 0.29) is 23.6 Å². The molecule has 162 valence electrons. The van der Waals surface area contributed by atoms with Crippen LogP contribution in [0.2, 0.25) is 5.02 Å². The topological polar surface area (TPSA) is 130 Å². The Morgan fingerprint density at radius 3 is 2.42 bits per heavy atom. The third kappa shape index (κ3) is 5.76. The second-order valence-electron chi connectivity index (χ2n) is 6.35. The number of rotatable bonds is 8. The van der Waals surface area contributed by atoms with Crippen molar-refractivity contribution in [3.63, 3.8) is 0 Å². The highest BCUT2D eigenvalue weighted by Gasteiger charge is 2.15. The van der Waals surface area contributed by atoms with E-state index < -0.39 is 21.5 Å². The zero-order valence-electron chi connectivity index (χ0n) is 16.4. The van der Waals surface area contributed by atoms with E-state index in [0.717, 1.165) is 0 Å². The van der Waals surface area contributed by atoms with Crippen molar-refractivity contribution < 1.29 is 17.9 Å². The summed E-state index contributed by atoms with van der Waals surface area (Å²) in [5.74, 6) is -0.376. The molecule has 1 amide bonds. The number of amides is 1. The number of halogens is 1. The Morgan fingerprint density at radius 2 is 1.81 bits per heavy atom. The lowest BCUT2D eigenvalue weighted by molar-refractivity contribution is 0.102. The van der Waals surface area contributed by atoms with Gasteiger partial charge in [-0.2, -0.15) is 0 Å². The van der Waals surface area contributed by atoms with E-state index in [0.29, 0.717) is 22.1 Å². The van der Waals surface area contributed by atoms with Crippen LogP contribution in [0.4, 0.5) is 5.69 Å². The summed E-state index contributed by atoms with van der Waals surface area (Å²) >= 11 is 5.85. The summed E-state index contributed by atoms with van der Waals surface area (Å²) in [6.45, 7) is 0.381. The lowest BCUT2D eigenvalue weighted by atomic mass is 10.2. The third-order valence-electron chi connectivity index (χ3n) is 4.18. The molecular formula is C20H19ClN4O5S. The summed E-state index contributed by atoms with van der Waals surface area (Å²) in [5, 5.41) is 3.09. The molecule has 1 aromatic heterocycles. The van der Waals surface area contributed by atoms with E-state index in [2.05, 4.69) is 20.0 Å². The van der Waals surface area contributed by atoms with Crippen molar-refractivity contribution in [2.75, 3.05) is 25.6 Å². The molecule has 0 unspecified atom stereocenters. The van der Waals surface area contributed by atoms with E-state index >= 15 is 0 Å². The number of ether oxygens (including phenoxy) is 1. The molecule has 0 fully saturated rings. The molecule has 3 N–H and O–H groups in total. The van der Waals surface area contributed by atoms with Crippen molar-refractivity contribution in [1.82, 2.24) is 14.7 Å². The number of aromatic amines is 1. The standard InChI is InChI=1S/C20H19ClN4O5S/c1-30-11-10-23-31(28,29)16-8-6-15(7-9-16)24-19(26)17-12-22-18(25-20(17)27)13-2-4-14(21)5-3-13/h2-9,12,23H,10-11H2,1H3,(H,24,26)(H,22,25,27). The highest BCUT2D eigenvalue weighted by molar-refractivity contribution is 7.89. The minimum Gasteiger partial charge on any atom is -0.383 e. The summed E-state index contributed by atoms with van der Waals surface area (Å²) in [4.78, 5) is 31.5. The lowest BCUT2D eigenvalue weighted by Gasteiger charge is -2.08. The molecule has 0 saturated heterocycles. The normalized spacial score (nSPS) is 11.3. The van der Waals surface area contributed by atoms with E-state index in [1.165, 1.54) is 37.6 Å². The number of hydrogen-bond donors (Lipinski definition) is 3. The zero-order valence-corrected chi connectivity index (χ0v) is 18.0. The van der Waals surface area contributed by atoms with Crippen LogP contribution in [-0.4, -0.2) is 44.6 Å². The molecule has 0 spiro atoms. The highest BCUT2D eigenvalue weighted by Crippen LogP contribution is 2.17. The highest BCUT2D eigenvalue weighted by atomic mass is 35.5. The number of aromatic nitrogens is 2. The molecule has 3 rings (SSSR count). The van der Waals surface area contributed by atoms with Gasteiger partial charge in [0, 0.05) is 36.1 Å². The van der Waals surface area contributed by atoms with Crippen LogP contribution in [0.5, 0.6) is 0 Å². The lowest BCUT2D eigenvalue weighted by Crippen LogP contribution is -2.27. The minimum absolute atomic E-state index is 0.0356. The Balaban J connectivity index is 1.71. The summed E-state index contributed by atoms with van der Waals surface area (Å²) in [6.07, 6.45) is 1.18. The van der Waals surface area contributed by atoms with Crippen LogP contribution in [0.15, 0.2) is 64.4 Å². The van der Waals surface area contributed by atoms with E-state index in [4.69, 9.17) is 16.3 Å². The van der Waals surface area contributed by atoms with Crippen LogP contribution in [0, 0.1) is 0 Å². The Labute approximate surface area is 183 Å². The molecule has 3 aromatic rings. The maximum absolute atomic E-state index is 12.5. The summed E-state index contributed by atoms with van der Waals surface area (Å²) in [5.41, 5.74) is 0.168. The van der Waals surface area contributed by atoms with Gasteiger partial charge < -0.3 is 15.0 Å². The van der Waals surface area contributed by atoms with Crippen LogP contribution >= 0.6 is 11.6 Å². The Bertz CT molecular complexity index is 1230. The van der Waals surface area contributed by atoms with Crippen molar-refractivity contribution in [1.29, 1.82) is 0 Å². The molecule has 0 radical (unpaired) electrons. The maximum Gasteiger partial charge on any atom is 0.264 e. The molecule has 0 aliphatic heterocycles. The Kier molecular flexibility index (Phi) is 7.18. The fraction of sp³-hybridized carbons (Fsp3) is 0.150. The quantitative estimate of drug-likeness (QED) is 0.440. The van der Waals surface area contributed by atoms with E-state index in [1.54, 1.807) is 24.3 Å². The monoisotopic (exact) mass is 462 g/mol. The molecule has 2 aromatic carbocycles. The maximum atomic E-state index is 12.5. The predicted molar refractivity (Wildman–Crippen MR) is 117 cm³/mol. The van der Waals surface area contributed by atoms with E-state index in [9.17, 15) is 18.0 Å². The van der Waals surface area contributed by atoms with Crippen LogP contribution < -0.4 is 15.6 Å². The molecule has 0 aliphatic carbocycles. The van der Waals surface area contributed by atoms with Crippen molar-refractivity contribution in [3.05, 3.63) is 75.7 Å². The van der Waals surface area contributed by atoms with Gasteiger partial charge in [0.15, 0.2) is 0 Å². The molecule has 9 nitrogen and oxygen atoms in total. The van der Waals surface area contributed by atoms with Gasteiger partial charge in [0.25, 0.3) is 11.5 Å². The average Bonchev–Trinajstić information content (AvgIpc) is 2.74. The van der Waals surface area contributed by atoms with Crippen LogP contribution in [0.1, 0.15) is 10.4 Å². The van der Waals surface area contributed by atoms with Gasteiger partial charge in [-0.25, -0.2) is 18.1 Å². The van der Waals surface area contributed by atoms with Crippen molar-refractivity contribution in [2.24, 2.45) is 0 Å². The fourth-order valence-corrected chi connectivity index (χ4v) is 3.73. The number of anilines is 1. The molecule has 31 heavy (non-hydrogen) atoms. The number of sulfonamides is 1. The number of carbonyl (C=O) groups excluding carboxylic acids is 1. The van der Waals surface area contributed by atoms with Crippen LogP contribution in [0.25, 0.3) is 11.4 Å². The summed E-state index contributed by atoms with van der Waals surface area (Å²) < 4.78 is 31.5. The predicted octanol–water partition coefficient (Wildman–Crippen LogP) is 2.27. The number of nitrogens with zero attached hydrogens (tertiary/aromatic N) is 1. The summed E-state index contributed by atoms with van der Waals surface area (Å²) in [6, 6.07) is 12.2. The third-order valence-corrected chi connectivity index (χ3v) is 5.91. The van der Waals surface area contributed by atoms with Crippen LogP contribution in [0.3, 0.4) is 0 Å². The van der Waals surface area contributed by atoms with Crippen LogP contribution in [-0.2, 0) is 14.8 Å². The molecule has 11 heteroatoms. The minimum atomic E-state index is -3.69. The molecule has 0 bridgehead atoms. The first-order chi connectivity index (χ1) is 14.8. The smallest absolute Gasteiger partial charge is 0.264 e. The van der Waals surface area contributed by atoms with Gasteiger partial charge >= 0.3 is 0 Å². The molecular weight excluding hydrogens is 444 g/mol. The van der Waals surface area contributed by atoms with Crippen molar-refractivity contribution >= 4 is 33.2 Å². The summed E-state index contributed by atoms with van der Waals surface area (Å²) in [7, 11) is -2.22. The van der Waals surface area contributed by atoms with Crippen molar-refractivity contribution in [3.8, 4) is 11.4 Å². The van der Waals surface area contributed by atoms with Gasteiger partial charge in [-0.3, -0.25) is 9.59 Å². The van der Waals surface area contributed by atoms with Crippen molar-refractivity contribution in [2.45, 2.75) is 4.90 Å². The fourth-order valence-electron chi connectivity index (χ4n) is 2.59. The number of carbonyl (C=O) groups is 1. The number of methoxy groups -OCH3 is 1. The zero-order chi connectivity index (χ0) is 22.4. The van der Waals surface area contributed by atoms with Gasteiger partial charge in [-0.05, 0) is 48.5 Å². The first-order valence-corrected chi connectivity index (χ1v) is 10.9.